The molecule has 1 aliphatic heterocycles. The number of carbonyl (C=O) groups is 1. The number of amides is 1. The van der Waals surface area contributed by atoms with Gasteiger partial charge in [0.2, 0.25) is 5.91 Å². The Hall–Kier alpha value is -2.40. The van der Waals surface area contributed by atoms with E-state index in [9.17, 15) is 9.18 Å². The molecular formula is C20H23FN2O2. The minimum absolute atomic E-state index is 0.115. The summed E-state index contributed by atoms with van der Waals surface area (Å²) in [6.45, 7) is 2.16. The van der Waals surface area contributed by atoms with Crippen molar-refractivity contribution in [1.82, 2.24) is 9.80 Å². The Morgan fingerprint density at radius 1 is 1.28 bits per heavy atom. The van der Waals surface area contributed by atoms with Crippen LogP contribution < -0.4 is 0 Å². The number of furan rings is 1. The Morgan fingerprint density at radius 2 is 2.04 bits per heavy atom. The summed E-state index contributed by atoms with van der Waals surface area (Å²) in [5.41, 5.74) is 0.543. The van der Waals surface area contributed by atoms with Crippen molar-refractivity contribution in [2.45, 2.75) is 25.4 Å². The van der Waals surface area contributed by atoms with Gasteiger partial charge in [-0.05, 0) is 57.3 Å². The lowest BCUT2D eigenvalue weighted by Gasteiger charge is -2.37. The molecule has 1 aliphatic rings. The number of hydrogen-bond donors (Lipinski definition) is 0. The molecule has 25 heavy (non-hydrogen) atoms. The molecule has 0 saturated carbocycles. The monoisotopic (exact) mass is 342 g/mol. The van der Waals surface area contributed by atoms with Crippen LogP contribution in [0.5, 0.6) is 0 Å². The van der Waals surface area contributed by atoms with Gasteiger partial charge in [-0.15, -0.1) is 0 Å². The van der Waals surface area contributed by atoms with Crippen molar-refractivity contribution in [3.8, 4) is 0 Å². The third kappa shape index (κ3) is 4.57. The maximum Gasteiger partial charge on any atom is 0.247 e. The zero-order chi connectivity index (χ0) is 17.6. The fourth-order valence-electron chi connectivity index (χ4n) is 3.14. The molecule has 0 N–H and O–H groups in total. The van der Waals surface area contributed by atoms with E-state index in [1.54, 1.807) is 47.6 Å². The zero-order valence-corrected chi connectivity index (χ0v) is 14.4. The maximum atomic E-state index is 14.1. The second-order valence-corrected chi connectivity index (χ2v) is 6.44. The van der Waals surface area contributed by atoms with E-state index in [1.807, 2.05) is 0 Å². The predicted octanol–water partition coefficient (Wildman–Crippen LogP) is 3.55. The molecule has 1 aromatic heterocycles. The van der Waals surface area contributed by atoms with E-state index in [4.69, 9.17) is 4.42 Å². The van der Waals surface area contributed by atoms with Crippen molar-refractivity contribution in [2.75, 3.05) is 20.1 Å². The molecule has 5 heteroatoms. The van der Waals surface area contributed by atoms with E-state index in [0.29, 0.717) is 11.3 Å². The van der Waals surface area contributed by atoms with Gasteiger partial charge in [-0.1, -0.05) is 18.2 Å². The van der Waals surface area contributed by atoms with Gasteiger partial charge in [-0.2, -0.15) is 0 Å². The summed E-state index contributed by atoms with van der Waals surface area (Å²) in [7, 11) is 2.08. The van der Waals surface area contributed by atoms with E-state index in [2.05, 4.69) is 11.9 Å². The Bertz CT molecular complexity index is 719. The number of hydrogen-bond acceptors (Lipinski definition) is 3. The summed E-state index contributed by atoms with van der Waals surface area (Å²) in [4.78, 5) is 16.8. The van der Waals surface area contributed by atoms with Crippen molar-refractivity contribution in [3.63, 3.8) is 0 Å². The summed E-state index contributed by atoms with van der Waals surface area (Å²) in [5, 5.41) is 0. The largest absolute Gasteiger partial charge is 0.465 e. The third-order valence-corrected chi connectivity index (χ3v) is 4.64. The molecule has 0 atom stereocenters. The Balaban J connectivity index is 1.78. The van der Waals surface area contributed by atoms with Gasteiger partial charge in [0.15, 0.2) is 0 Å². The lowest BCUT2D eigenvalue weighted by Crippen LogP contribution is -2.45. The fraction of sp³-hybridized carbons (Fsp3) is 0.350. The Kier molecular flexibility index (Phi) is 5.66. The van der Waals surface area contributed by atoms with Crippen molar-refractivity contribution in [3.05, 3.63) is 65.9 Å². The topological polar surface area (TPSA) is 36.7 Å². The number of benzene rings is 1. The lowest BCUT2D eigenvalue weighted by molar-refractivity contribution is -0.129. The molecule has 0 bridgehead atoms. The van der Waals surface area contributed by atoms with Crippen LogP contribution in [-0.2, 0) is 11.3 Å². The summed E-state index contributed by atoms with van der Waals surface area (Å²) < 4.78 is 19.3. The molecule has 1 saturated heterocycles. The van der Waals surface area contributed by atoms with Crippen LogP contribution in [-0.4, -0.2) is 41.9 Å². The molecule has 0 aliphatic carbocycles. The third-order valence-electron chi connectivity index (χ3n) is 4.64. The molecule has 0 unspecified atom stereocenters. The first kappa shape index (κ1) is 17.4. The van der Waals surface area contributed by atoms with Crippen LogP contribution in [0.2, 0.25) is 0 Å². The van der Waals surface area contributed by atoms with Gasteiger partial charge in [-0.3, -0.25) is 4.79 Å². The number of carbonyl (C=O) groups excluding carboxylic acids is 1. The van der Waals surface area contributed by atoms with Crippen molar-refractivity contribution >= 4 is 12.0 Å². The molecule has 3 rings (SSSR count). The minimum Gasteiger partial charge on any atom is -0.465 e. The second kappa shape index (κ2) is 8.12. The number of rotatable bonds is 5. The number of halogens is 1. The highest BCUT2D eigenvalue weighted by atomic mass is 19.1. The molecule has 132 valence electrons. The SMILES string of the molecule is CN1CCC(N(Cc2ccccc2F)C(=O)/C=C\c2ccco2)CC1. The zero-order valence-electron chi connectivity index (χ0n) is 14.4. The van der Waals surface area contributed by atoms with Crippen LogP contribution >= 0.6 is 0 Å². The van der Waals surface area contributed by atoms with Gasteiger partial charge in [0.1, 0.15) is 11.6 Å². The van der Waals surface area contributed by atoms with Crippen molar-refractivity contribution < 1.29 is 13.6 Å². The Labute approximate surface area is 147 Å². The normalized spacial score (nSPS) is 16.4. The summed E-state index contributed by atoms with van der Waals surface area (Å²) in [6, 6.07) is 10.3. The average Bonchev–Trinajstić information content (AvgIpc) is 3.13. The highest BCUT2D eigenvalue weighted by Crippen LogP contribution is 2.20. The van der Waals surface area contributed by atoms with Crippen LogP contribution in [0.4, 0.5) is 4.39 Å². The highest BCUT2D eigenvalue weighted by Gasteiger charge is 2.26. The van der Waals surface area contributed by atoms with Gasteiger partial charge in [0.25, 0.3) is 0 Å². The van der Waals surface area contributed by atoms with Crippen LogP contribution in [0.15, 0.2) is 53.2 Å². The van der Waals surface area contributed by atoms with Crippen LogP contribution in [0.25, 0.3) is 6.08 Å². The fourth-order valence-corrected chi connectivity index (χ4v) is 3.14. The lowest BCUT2D eigenvalue weighted by atomic mass is 10.0. The smallest absolute Gasteiger partial charge is 0.247 e. The van der Waals surface area contributed by atoms with Crippen LogP contribution in [0, 0.1) is 5.82 Å². The molecule has 2 heterocycles. The summed E-state index contributed by atoms with van der Waals surface area (Å²) in [5.74, 6) is 0.236. The van der Waals surface area contributed by atoms with E-state index < -0.39 is 0 Å². The van der Waals surface area contributed by atoms with Crippen LogP contribution in [0.3, 0.4) is 0 Å². The van der Waals surface area contributed by atoms with Crippen molar-refractivity contribution in [1.29, 1.82) is 0 Å². The molecular weight excluding hydrogens is 319 g/mol. The van der Waals surface area contributed by atoms with E-state index in [0.717, 1.165) is 25.9 Å². The van der Waals surface area contributed by atoms with E-state index in [1.165, 1.54) is 12.1 Å². The molecule has 0 spiro atoms. The van der Waals surface area contributed by atoms with Gasteiger partial charge < -0.3 is 14.2 Å². The minimum atomic E-state index is -0.275. The summed E-state index contributed by atoms with van der Waals surface area (Å²) >= 11 is 0. The standard InChI is InChI=1S/C20H23FN2O2/c1-22-12-10-17(11-13-22)23(15-16-5-2-3-7-19(16)21)20(24)9-8-18-6-4-14-25-18/h2-9,14,17H,10-13,15H2,1H3/b9-8-. The first-order chi connectivity index (χ1) is 12.1. The molecule has 1 amide bonds. The summed E-state index contributed by atoms with van der Waals surface area (Å²) in [6.07, 6.45) is 6.53. The van der Waals surface area contributed by atoms with Gasteiger partial charge in [-0.25, -0.2) is 4.39 Å². The first-order valence-electron chi connectivity index (χ1n) is 8.57. The van der Waals surface area contributed by atoms with Gasteiger partial charge in [0.05, 0.1) is 6.26 Å². The van der Waals surface area contributed by atoms with Gasteiger partial charge >= 0.3 is 0 Å². The number of likely N-dealkylation sites (tertiary alicyclic amines) is 1. The molecule has 2 aromatic rings. The average molecular weight is 342 g/mol. The molecule has 4 nitrogen and oxygen atoms in total. The number of piperidine rings is 1. The van der Waals surface area contributed by atoms with E-state index >= 15 is 0 Å². The maximum absolute atomic E-state index is 14.1. The predicted molar refractivity (Wildman–Crippen MR) is 95.2 cm³/mol. The van der Waals surface area contributed by atoms with Crippen LogP contribution in [0.1, 0.15) is 24.2 Å². The molecule has 1 aromatic carbocycles. The Morgan fingerprint density at radius 3 is 2.72 bits per heavy atom. The van der Waals surface area contributed by atoms with Gasteiger partial charge in [0, 0.05) is 24.2 Å². The number of nitrogens with zero attached hydrogens (tertiary/aromatic N) is 2. The first-order valence-corrected chi connectivity index (χ1v) is 8.57. The highest BCUT2D eigenvalue weighted by molar-refractivity contribution is 5.91. The molecule has 1 fully saturated rings. The quantitative estimate of drug-likeness (QED) is 0.780. The van der Waals surface area contributed by atoms with E-state index in [-0.39, 0.29) is 24.3 Å². The van der Waals surface area contributed by atoms with Crippen molar-refractivity contribution in [2.24, 2.45) is 0 Å². The molecule has 0 radical (unpaired) electrons. The second-order valence-electron chi connectivity index (χ2n) is 6.44.